The van der Waals surface area contributed by atoms with Crippen molar-refractivity contribution in [2.24, 2.45) is 0 Å². The lowest BCUT2D eigenvalue weighted by atomic mass is 10.2. The third-order valence-corrected chi connectivity index (χ3v) is 2.49. The van der Waals surface area contributed by atoms with Crippen molar-refractivity contribution in [3.63, 3.8) is 0 Å². The molecule has 15 heavy (non-hydrogen) atoms. The fraction of sp³-hybridized carbons (Fsp3) is 0.182. The van der Waals surface area contributed by atoms with E-state index in [2.05, 4.69) is 27.2 Å². The summed E-state index contributed by atoms with van der Waals surface area (Å²) in [6.07, 6.45) is 5.22. The van der Waals surface area contributed by atoms with E-state index in [1.54, 1.807) is 12.1 Å². The van der Waals surface area contributed by atoms with E-state index < -0.39 is 5.97 Å². The first-order chi connectivity index (χ1) is 7.04. The maximum atomic E-state index is 10.7. The van der Waals surface area contributed by atoms with Crippen LogP contribution in [-0.2, 0) is 0 Å². The summed E-state index contributed by atoms with van der Waals surface area (Å²) in [5, 5.41) is 11.8. The summed E-state index contributed by atoms with van der Waals surface area (Å²) in [4.78, 5) is 10.7. The maximum Gasteiger partial charge on any atom is 0.336 e. The van der Waals surface area contributed by atoms with Crippen LogP contribution in [0.5, 0.6) is 0 Å². The quantitative estimate of drug-likeness (QED) is 0.828. The Labute approximate surface area is 96.6 Å². The van der Waals surface area contributed by atoms with Crippen LogP contribution in [0, 0.1) is 12.3 Å². The number of aromatic carboxylic acids is 1. The molecule has 78 valence electrons. The molecule has 0 saturated carbocycles. The van der Waals surface area contributed by atoms with Crippen LogP contribution >= 0.6 is 15.9 Å². The molecular formula is C11H10BrNO2. The minimum absolute atomic E-state index is 0.0902. The number of carbonyl (C=O) groups is 1. The fourth-order valence-electron chi connectivity index (χ4n) is 1.07. The summed E-state index contributed by atoms with van der Waals surface area (Å²) in [5.41, 5.74) is 1.02. The van der Waals surface area contributed by atoms with Crippen molar-refractivity contribution in [3.8, 4) is 12.3 Å². The van der Waals surface area contributed by atoms with Crippen molar-refractivity contribution in [1.29, 1.82) is 0 Å². The van der Waals surface area contributed by atoms with Crippen molar-refractivity contribution >= 4 is 27.6 Å². The number of carboxylic acids is 1. The van der Waals surface area contributed by atoms with Gasteiger partial charge in [-0.15, -0.1) is 6.42 Å². The molecule has 4 heteroatoms. The molecule has 1 unspecified atom stereocenters. The van der Waals surface area contributed by atoms with Crippen LogP contribution in [0.25, 0.3) is 0 Å². The molecule has 0 amide bonds. The number of hydrogen-bond acceptors (Lipinski definition) is 2. The first-order valence-electron chi connectivity index (χ1n) is 4.30. The first kappa shape index (κ1) is 11.6. The monoisotopic (exact) mass is 267 g/mol. The number of rotatable bonds is 3. The molecule has 0 radical (unpaired) electrons. The Hall–Kier alpha value is -1.47. The number of halogens is 1. The van der Waals surface area contributed by atoms with Gasteiger partial charge in [0.25, 0.3) is 0 Å². The van der Waals surface area contributed by atoms with Crippen LogP contribution in [0.4, 0.5) is 5.69 Å². The second-order valence-electron chi connectivity index (χ2n) is 3.03. The lowest BCUT2D eigenvalue weighted by Crippen LogP contribution is -2.12. The second kappa shape index (κ2) is 4.85. The summed E-state index contributed by atoms with van der Waals surface area (Å²) in [7, 11) is 0. The van der Waals surface area contributed by atoms with Crippen LogP contribution in [0.1, 0.15) is 17.3 Å². The van der Waals surface area contributed by atoms with Crippen molar-refractivity contribution in [2.75, 3.05) is 5.32 Å². The zero-order chi connectivity index (χ0) is 11.4. The molecule has 1 aromatic rings. The second-order valence-corrected chi connectivity index (χ2v) is 3.89. The molecular weight excluding hydrogens is 258 g/mol. The molecule has 0 spiro atoms. The molecule has 3 nitrogen and oxygen atoms in total. The summed E-state index contributed by atoms with van der Waals surface area (Å²) >= 11 is 3.19. The molecule has 0 aliphatic carbocycles. The van der Waals surface area contributed by atoms with Crippen LogP contribution in [-0.4, -0.2) is 17.1 Å². The van der Waals surface area contributed by atoms with Crippen molar-refractivity contribution in [1.82, 2.24) is 0 Å². The number of anilines is 1. The third kappa shape index (κ3) is 3.00. The third-order valence-electron chi connectivity index (χ3n) is 1.83. The maximum absolute atomic E-state index is 10.7. The Bertz CT molecular complexity index is 423. The van der Waals surface area contributed by atoms with Gasteiger partial charge in [-0.3, -0.25) is 0 Å². The number of terminal acetylenes is 1. The van der Waals surface area contributed by atoms with Crippen LogP contribution < -0.4 is 5.32 Å². The minimum Gasteiger partial charge on any atom is -0.478 e. The van der Waals surface area contributed by atoms with Gasteiger partial charge in [-0.25, -0.2) is 4.79 Å². The predicted octanol–water partition coefficient (Wildman–Crippen LogP) is 2.58. The summed E-state index contributed by atoms with van der Waals surface area (Å²) < 4.78 is 0.532. The van der Waals surface area contributed by atoms with E-state index in [9.17, 15) is 4.79 Å². The van der Waals surface area contributed by atoms with E-state index in [4.69, 9.17) is 11.5 Å². The minimum atomic E-state index is -0.960. The van der Waals surface area contributed by atoms with Crippen LogP contribution in [0.3, 0.4) is 0 Å². The fourth-order valence-corrected chi connectivity index (χ4v) is 1.62. The zero-order valence-corrected chi connectivity index (χ0v) is 9.71. The highest BCUT2D eigenvalue weighted by atomic mass is 79.9. The molecule has 1 atom stereocenters. The molecule has 0 aliphatic heterocycles. The Kier molecular flexibility index (Phi) is 3.75. The Morgan fingerprint density at radius 3 is 2.80 bits per heavy atom. The normalized spacial score (nSPS) is 11.5. The van der Waals surface area contributed by atoms with Gasteiger partial charge in [-0.1, -0.05) is 5.92 Å². The Morgan fingerprint density at radius 1 is 1.67 bits per heavy atom. The highest BCUT2D eigenvalue weighted by Crippen LogP contribution is 2.21. The summed E-state index contributed by atoms with van der Waals surface area (Å²) in [6.45, 7) is 1.85. The molecule has 0 saturated heterocycles. The average Bonchev–Trinajstić information content (AvgIpc) is 2.17. The zero-order valence-electron chi connectivity index (χ0n) is 8.12. The van der Waals surface area contributed by atoms with Gasteiger partial charge in [-0.2, -0.15) is 0 Å². The van der Waals surface area contributed by atoms with Crippen molar-refractivity contribution in [2.45, 2.75) is 13.0 Å². The molecule has 0 heterocycles. The van der Waals surface area contributed by atoms with Gasteiger partial charge in [0, 0.05) is 10.2 Å². The van der Waals surface area contributed by atoms with E-state index >= 15 is 0 Å². The van der Waals surface area contributed by atoms with E-state index in [1.807, 2.05) is 6.92 Å². The van der Waals surface area contributed by atoms with Crippen LogP contribution in [0.2, 0.25) is 0 Å². The molecule has 0 aliphatic rings. The van der Waals surface area contributed by atoms with Gasteiger partial charge in [0.15, 0.2) is 0 Å². The molecule has 0 fully saturated rings. The average molecular weight is 268 g/mol. The largest absolute Gasteiger partial charge is 0.478 e. The van der Waals surface area contributed by atoms with Gasteiger partial charge in [-0.05, 0) is 41.1 Å². The smallest absolute Gasteiger partial charge is 0.336 e. The SMILES string of the molecule is C#CC(C)Nc1ccc(C(=O)O)c(Br)c1. The van der Waals surface area contributed by atoms with E-state index in [1.165, 1.54) is 6.07 Å². The van der Waals surface area contributed by atoms with Crippen LogP contribution in [0.15, 0.2) is 22.7 Å². The molecule has 0 aromatic heterocycles. The highest BCUT2D eigenvalue weighted by Gasteiger charge is 2.08. The van der Waals surface area contributed by atoms with E-state index in [0.29, 0.717) is 4.47 Å². The first-order valence-corrected chi connectivity index (χ1v) is 5.09. The lowest BCUT2D eigenvalue weighted by molar-refractivity contribution is 0.0696. The lowest BCUT2D eigenvalue weighted by Gasteiger charge is -2.10. The number of nitrogens with one attached hydrogen (secondary N) is 1. The van der Waals surface area contributed by atoms with E-state index in [-0.39, 0.29) is 11.6 Å². The van der Waals surface area contributed by atoms with Gasteiger partial charge < -0.3 is 10.4 Å². The topological polar surface area (TPSA) is 49.3 Å². The number of benzene rings is 1. The van der Waals surface area contributed by atoms with Crippen molar-refractivity contribution in [3.05, 3.63) is 28.2 Å². The summed E-state index contributed by atoms with van der Waals surface area (Å²) in [6, 6.07) is 4.81. The van der Waals surface area contributed by atoms with E-state index in [0.717, 1.165) is 5.69 Å². The molecule has 1 rings (SSSR count). The molecule has 0 bridgehead atoms. The number of hydrogen-bond donors (Lipinski definition) is 2. The van der Waals surface area contributed by atoms with Gasteiger partial charge in [0.05, 0.1) is 11.6 Å². The summed E-state index contributed by atoms with van der Waals surface area (Å²) in [5.74, 6) is 1.57. The van der Waals surface area contributed by atoms with Crippen molar-refractivity contribution < 1.29 is 9.90 Å². The predicted molar refractivity (Wildman–Crippen MR) is 63.0 cm³/mol. The standard InChI is InChI=1S/C11H10BrNO2/c1-3-7(2)13-8-4-5-9(11(14)15)10(12)6-8/h1,4-7,13H,2H3,(H,14,15). The highest BCUT2D eigenvalue weighted by molar-refractivity contribution is 9.10. The number of carboxylic acid groups (broad SMARTS) is 1. The Morgan fingerprint density at radius 2 is 2.33 bits per heavy atom. The molecule has 2 N–H and O–H groups in total. The van der Waals surface area contributed by atoms with Gasteiger partial charge in [0.2, 0.25) is 0 Å². The molecule has 1 aromatic carbocycles. The van der Waals surface area contributed by atoms with Gasteiger partial charge in [0.1, 0.15) is 0 Å². The Balaban J connectivity index is 2.93. The van der Waals surface area contributed by atoms with Gasteiger partial charge >= 0.3 is 5.97 Å².